The molecule has 3 aromatic heterocycles. The second-order valence-electron chi connectivity index (χ2n) is 14.4. The molecule has 0 N–H and O–H groups in total. The summed E-state index contributed by atoms with van der Waals surface area (Å²) in [5.41, 5.74) is -8.75. The Kier molecular flexibility index (Phi) is 4.22. The van der Waals surface area contributed by atoms with Crippen molar-refractivity contribution in [3.63, 3.8) is 0 Å². The van der Waals surface area contributed by atoms with Crippen molar-refractivity contribution in [2.45, 2.75) is 5.41 Å². The second-order valence-corrected chi connectivity index (χ2v) is 15.4. The monoisotopic (exact) mass is 845 g/mol. The Morgan fingerprint density at radius 1 is 0.413 bits per heavy atom. The number of thiophene rings is 1. The van der Waals surface area contributed by atoms with Crippen LogP contribution in [0.1, 0.15) is 56.5 Å². The molecule has 4 nitrogen and oxygen atoms in total. The van der Waals surface area contributed by atoms with Gasteiger partial charge in [-0.25, -0.2) is 15.0 Å². The Bertz CT molecular complexity index is 5050. The predicted octanol–water partition coefficient (Wildman–Crippen LogP) is 14.7. The molecule has 63 heavy (non-hydrogen) atoms. The van der Waals surface area contributed by atoms with Crippen molar-refractivity contribution >= 4 is 53.3 Å². The standard InChI is InChI=1S/C58H36N4S/c1-3-19-37(20-4-1)58(38-21-5-2-6-22-38)47-31-12-7-26-43(47)53-45(29-18-32-48(53)58)56-59-55(60-57(61-56)46-30-17-28-42-41-25-11-16-36-52(41)63-54(42)46)44-27-10-15-35-51(44)62-49-33-13-8-23-39(49)40-24-9-14-34-50(40)62/h1-36H/i1D,2D,3D,4D,5D,6D,7D,8D,9D,12D,13D,14D,18D,19D,20D,21D,22D,23D,24D,26D,29D,31D,32D,33D,34D. The van der Waals surface area contributed by atoms with Gasteiger partial charge in [0.2, 0.25) is 0 Å². The highest BCUT2D eigenvalue weighted by Crippen LogP contribution is 2.58. The van der Waals surface area contributed by atoms with Crippen LogP contribution < -0.4 is 0 Å². The Labute approximate surface area is 403 Å². The van der Waals surface area contributed by atoms with Crippen LogP contribution in [0.15, 0.2) is 218 Å². The highest BCUT2D eigenvalue weighted by atomic mass is 32.1. The van der Waals surface area contributed by atoms with Gasteiger partial charge in [0, 0.05) is 47.6 Å². The first kappa shape index (κ1) is 19.0. The molecule has 0 radical (unpaired) electrons. The van der Waals surface area contributed by atoms with Gasteiger partial charge in [0.25, 0.3) is 0 Å². The van der Waals surface area contributed by atoms with E-state index in [0.717, 1.165) is 15.5 Å². The van der Waals surface area contributed by atoms with Gasteiger partial charge in [0.15, 0.2) is 17.5 Å². The second kappa shape index (κ2) is 14.0. The van der Waals surface area contributed by atoms with E-state index in [0.29, 0.717) is 10.3 Å². The summed E-state index contributed by atoms with van der Waals surface area (Å²) >= 11 is 1.35. The minimum absolute atomic E-state index is 0.0316. The van der Waals surface area contributed by atoms with Crippen LogP contribution in [-0.2, 0) is 5.41 Å². The first-order valence-corrected chi connectivity index (χ1v) is 20.1. The molecule has 0 bridgehead atoms. The third-order valence-electron chi connectivity index (χ3n) is 11.2. The van der Waals surface area contributed by atoms with Crippen LogP contribution >= 0.6 is 11.3 Å². The maximum absolute atomic E-state index is 10.0. The Morgan fingerprint density at radius 3 is 1.70 bits per heavy atom. The van der Waals surface area contributed by atoms with E-state index in [2.05, 4.69) is 0 Å². The summed E-state index contributed by atoms with van der Waals surface area (Å²) < 4.78 is 234. The molecule has 0 saturated heterocycles. The van der Waals surface area contributed by atoms with E-state index in [-0.39, 0.29) is 44.7 Å². The van der Waals surface area contributed by atoms with E-state index < -0.39 is 201 Å². The number of aromatic nitrogens is 4. The van der Waals surface area contributed by atoms with Crippen LogP contribution in [0, 0.1) is 0 Å². The summed E-state index contributed by atoms with van der Waals surface area (Å²) in [6.45, 7) is 0. The van der Waals surface area contributed by atoms with Gasteiger partial charge >= 0.3 is 0 Å². The third kappa shape index (κ3) is 5.24. The molecule has 0 amide bonds. The van der Waals surface area contributed by atoms with E-state index in [1.165, 1.54) is 34.1 Å². The zero-order valence-corrected chi connectivity index (χ0v) is 32.9. The number of benzene rings is 9. The minimum Gasteiger partial charge on any atom is -0.309 e. The lowest BCUT2D eigenvalue weighted by Gasteiger charge is -2.33. The van der Waals surface area contributed by atoms with Crippen molar-refractivity contribution in [1.29, 1.82) is 0 Å². The predicted molar refractivity (Wildman–Crippen MR) is 261 cm³/mol. The maximum Gasteiger partial charge on any atom is 0.166 e. The fourth-order valence-electron chi connectivity index (χ4n) is 8.68. The molecule has 1 aliphatic rings. The molecule has 5 heteroatoms. The molecular weight excluding hydrogens is 785 g/mol. The Hall–Kier alpha value is -7.99. The van der Waals surface area contributed by atoms with Crippen molar-refractivity contribution in [2.24, 2.45) is 0 Å². The van der Waals surface area contributed by atoms with Crippen LogP contribution in [0.2, 0.25) is 0 Å². The fourth-order valence-corrected chi connectivity index (χ4v) is 9.89. The van der Waals surface area contributed by atoms with Gasteiger partial charge in [-0.15, -0.1) is 11.3 Å². The van der Waals surface area contributed by atoms with Crippen molar-refractivity contribution in [1.82, 2.24) is 19.5 Å². The number of hydrogen-bond donors (Lipinski definition) is 0. The van der Waals surface area contributed by atoms with Gasteiger partial charge in [-0.3, -0.25) is 0 Å². The van der Waals surface area contributed by atoms with Crippen molar-refractivity contribution in [3.8, 4) is 51.0 Å². The lowest BCUT2D eigenvalue weighted by Crippen LogP contribution is -2.28. The van der Waals surface area contributed by atoms with Crippen LogP contribution in [0.5, 0.6) is 0 Å². The highest BCUT2D eigenvalue weighted by molar-refractivity contribution is 7.26. The number of para-hydroxylation sites is 3. The van der Waals surface area contributed by atoms with E-state index >= 15 is 0 Å². The molecule has 0 saturated carbocycles. The van der Waals surface area contributed by atoms with E-state index in [1.54, 1.807) is 18.2 Å². The highest BCUT2D eigenvalue weighted by Gasteiger charge is 2.47. The molecule has 294 valence electrons. The average Bonchev–Trinajstić information content (AvgIpc) is 1.46. The summed E-state index contributed by atoms with van der Waals surface area (Å²) in [6.07, 6.45) is 0. The molecule has 0 spiro atoms. The fraction of sp³-hybridized carbons (Fsp3) is 0.0172. The molecule has 0 atom stereocenters. The Morgan fingerprint density at radius 2 is 0.952 bits per heavy atom. The van der Waals surface area contributed by atoms with Crippen molar-refractivity contribution in [3.05, 3.63) is 240 Å². The Balaban J connectivity index is 1.26. The van der Waals surface area contributed by atoms with Crippen LogP contribution in [-0.4, -0.2) is 19.5 Å². The van der Waals surface area contributed by atoms with Crippen LogP contribution in [0.4, 0.5) is 0 Å². The molecule has 3 heterocycles. The van der Waals surface area contributed by atoms with Gasteiger partial charge < -0.3 is 4.57 Å². The third-order valence-corrected chi connectivity index (χ3v) is 12.5. The summed E-state index contributed by atoms with van der Waals surface area (Å²) in [5, 5.41) is 1.06. The molecule has 0 aliphatic heterocycles. The van der Waals surface area contributed by atoms with Gasteiger partial charge in [0.05, 0.1) is 56.4 Å². The molecular formula is C58H36N4S. The first-order chi connectivity index (χ1) is 41.6. The minimum atomic E-state index is -3.15. The van der Waals surface area contributed by atoms with E-state index in [9.17, 15) is 15.1 Å². The first-order valence-electron chi connectivity index (χ1n) is 31.8. The van der Waals surface area contributed by atoms with Gasteiger partial charge in [0.1, 0.15) is 0 Å². The van der Waals surface area contributed by atoms with E-state index in [4.69, 9.17) is 34.1 Å². The summed E-state index contributed by atoms with van der Waals surface area (Å²) in [5.74, 6) is -1.11. The number of rotatable bonds is 6. The zero-order chi connectivity index (χ0) is 63.2. The number of hydrogen-bond acceptors (Lipinski definition) is 4. The van der Waals surface area contributed by atoms with Crippen LogP contribution in [0.25, 0.3) is 93.0 Å². The SMILES string of the molecule is [2H]c1c([2H])c([2H])c(C2(c3c([2H])c([2H])c([2H])c([2H])c3[2H])c3c([2H])c([2H])c([2H])c([2H])c3-c3c(-c4nc(-c5ccccc5-n5c6c([2H])c([2H])c([2H])c([2H])c6c6c([2H])c([2H])c([2H])c([2H])c65)nc(-c5cccc6c5sc5ccccc56)n4)c([2H])c([2H])c([2H])c32)c([2H])c1[2H]. The number of fused-ring (bicyclic) bond motifs is 9. The van der Waals surface area contributed by atoms with Crippen LogP contribution in [0.3, 0.4) is 0 Å². The molecule has 0 fully saturated rings. The molecule has 13 rings (SSSR count). The van der Waals surface area contributed by atoms with Crippen molar-refractivity contribution in [2.75, 3.05) is 0 Å². The van der Waals surface area contributed by atoms with Gasteiger partial charge in [-0.05, 0) is 69.7 Å². The van der Waals surface area contributed by atoms with E-state index in [1.807, 2.05) is 30.3 Å². The van der Waals surface area contributed by atoms with Gasteiger partial charge in [-0.1, -0.05) is 181 Å². The molecule has 9 aromatic carbocycles. The smallest absolute Gasteiger partial charge is 0.166 e. The number of nitrogens with zero attached hydrogens (tertiary/aromatic N) is 4. The quantitative estimate of drug-likeness (QED) is 0.167. The zero-order valence-electron chi connectivity index (χ0n) is 57.0. The maximum atomic E-state index is 10.0. The summed E-state index contributed by atoms with van der Waals surface area (Å²) in [4.78, 5) is 15.1. The summed E-state index contributed by atoms with van der Waals surface area (Å²) in [7, 11) is 0. The van der Waals surface area contributed by atoms with Crippen molar-refractivity contribution < 1.29 is 34.3 Å². The summed E-state index contributed by atoms with van der Waals surface area (Å²) in [6, 6.07) is -3.88. The molecule has 1 aliphatic carbocycles. The lowest BCUT2D eigenvalue weighted by atomic mass is 9.67. The largest absolute Gasteiger partial charge is 0.309 e. The molecule has 12 aromatic rings. The molecule has 0 unspecified atom stereocenters. The average molecular weight is 846 g/mol. The lowest BCUT2D eigenvalue weighted by molar-refractivity contribution is 0.768. The normalized spacial score (nSPS) is 18.4. The topological polar surface area (TPSA) is 43.6 Å². The van der Waals surface area contributed by atoms with Gasteiger partial charge in [-0.2, -0.15) is 0 Å².